The molecule has 3 nitrogen and oxygen atoms in total. The number of ether oxygens (including phenoxy) is 1. The van der Waals surface area contributed by atoms with E-state index in [0.29, 0.717) is 10.1 Å². The van der Waals surface area contributed by atoms with Crippen molar-refractivity contribution in [3.63, 3.8) is 0 Å². The smallest absolute Gasteiger partial charge is 0.350 e. The normalized spacial score (nSPS) is 10.8. The van der Waals surface area contributed by atoms with Gasteiger partial charge in [0, 0.05) is 10.1 Å². The van der Waals surface area contributed by atoms with Crippen LogP contribution >= 0.6 is 22.9 Å². The molecule has 3 rings (SSSR count). The Bertz CT molecular complexity index is 952. The Balaban J connectivity index is 1.77. The zero-order valence-electron chi connectivity index (χ0n) is 12.0. The number of hydrogen-bond acceptors (Lipinski definition) is 4. The summed E-state index contributed by atoms with van der Waals surface area (Å²) in [7, 11) is 0. The molecule has 122 valence electrons. The minimum atomic E-state index is -0.814. The van der Waals surface area contributed by atoms with Crippen LogP contribution in [0.1, 0.15) is 20.0 Å². The number of hydrogen-bond donors (Lipinski definition) is 0. The summed E-state index contributed by atoms with van der Waals surface area (Å²) in [4.78, 5) is 24.1. The Kier molecular flexibility index (Phi) is 4.59. The van der Waals surface area contributed by atoms with E-state index in [9.17, 15) is 18.4 Å². The highest BCUT2D eigenvalue weighted by Crippen LogP contribution is 2.36. The van der Waals surface area contributed by atoms with Crippen molar-refractivity contribution in [2.45, 2.75) is 0 Å². The van der Waals surface area contributed by atoms with Gasteiger partial charge >= 0.3 is 5.97 Å². The van der Waals surface area contributed by atoms with Crippen molar-refractivity contribution in [2.75, 3.05) is 6.61 Å². The Morgan fingerprint density at radius 3 is 2.62 bits per heavy atom. The van der Waals surface area contributed by atoms with Gasteiger partial charge < -0.3 is 4.74 Å². The Labute approximate surface area is 144 Å². The van der Waals surface area contributed by atoms with Gasteiger partial charge in [0.05, 0.1) is 10.6 Å². The molecule has 0 aliphatic carbocycles. The molecule has 0 bridgehead atoms. The zero-order valence-corrected chi connectivity index (χ0v) is 13.6. The number of rotatable bonds is 4. The summed E-state index contributed by atoms with van der Waals surface area (Å²) in [5.74, 6) is -2.61. The minimum Gasteiger partial charge on any atom is -0.453 e. The average molecular weight is 367 g/mol. The van der Waals surface area contributed by atoms with Gasteiger partial charge in [-0.1, -0.05) is 23.7 Å². The van der Waals surface area contributed by atoms with Crippen molar-refractivity contribution in [1.82, 2.24) is 0 Å². The van der Waals surface area contributed by atoms with Crippen LogP contribution in [-0.4, -0.2) is 18.4 Å². The molecule has 0 spiro atoms. The SMILES string of the molecule is O=C(COC(=O)c1sc2cc(F)ccc2c1Cl)c1ccccc1F. The van der Waals surface area contributed by atoms with E-state index in [1.54, 1.807) is 0 Å². The highest BCUT2D eigenvalue weighted by atomic mass is 35.5. The molecule has 2 aromatic carbocycles. The molecule has 1 aromatic heterocycles. The van der Waals surface area contributed by atoms with E-state index in [2.05, 4.69) is 0 Å². The van der Waals surface area contributed by atoms with Crippen molar-refractivity contribution < 1.29 is 23.1 Å². The van der Waals surface area contributed by atoms with Crippen LogP contribution in [0.2, 0.25) is 5.02 Å². The predicted molar refractivity (Wildman–Crippen MR) is 87.8 cm³/mol. The lowest BCUT2D eigenvalue weighted by Crippen LogP contribution is -2.14. The van der Waals surface area contributed by atoms with Crippen LogP contribution in [0.15, 0.2) is 42.5 Å². The van der Waals surface area contributed by atoms with Crippen molar-refractivity contribution in [3.8, 4) is 0 Å². The summed E-state index contributed by atoms with van der Waals surface area (Å²) < 4.78 is 32.1. The second-order valence-electron chi connectivity index (χ2n) is 4.86. The summed E-state index contributed by atoms with van der Waals surface area (Å²) in [5, 5.41) is 0.661. The topological polar surface area (TPSA) is 43.4 Å². The summed E-state index contributed by atoms with van der Waals surface area (Å²) >= 11 is 7.07. The Morgan fingerprint density at radius 2 is 1.88 bits per heavy atom. The van der Waals surface area contributed by atoms with Crippen LogP contribution in [0, 0.1) is 11.6 Å². The van der Waals surface area contributed by atoms with Crippen LogP contribution in [0.3, 0.4) is 0 Å². The second-order valence-corrected chi connectivity index (χ2v) is 6.29. The lowest BCUT2D eigenvalue weighted by atomic mass is 10.1. The Morgan fingerprint density at radius 1 is 1.12 bits per heavy atom. The number of carbonyl (C=O) groups is 2. The van der Waals surface area contributed by atoms with Gasteiger partial charge in [-0.05, 0) is 30.3 Å². The molecule has 0 unspecified atom stereocenters. The molecule has 0 N–H and O–H groups in total. The van der Waals surface area contributed by atoms with E-state index in [1.807, 2.05) is 0 Å². The number of carbonyl (C=O) groups excluding carboxylic acids is 2. The highest BCUT2D eigenvalue weighted by Gasteiger charge is 2.20. The first-order chi connectivity index (χ1) is 11.5. The average Bonchev–Trinajstić information content (AvgIpc) is 2.89. The molecule has 3 aromatic rings. The van der Waals surface area contributed by atoms with E-state index in [0.717, 1.165) is 17.4 Å². The first-order valence-electron chi connectivity index (χ1n) is 6.80. The second kappa shape index (κ2) is 6.67. The van der Waals surface area contributed by atoms with Gasteiger partial charge in [0.2, 0.25) is 5.78 Å². The van der Waals surface area contributed by atoms with Crippen LogP contribution in [0.4, 0.5) is 8.78 Å². The lowest BCUT2D eigenvalue weighted by Gasteiger charge is -2.04. The summed E-state index contributed by atoms with van der Waals surface area (Å²) in [6, 6.07) is 9.37. The molecule has 1 heterocycles. The molecule has 24 heavy (non-hydrogen) atoms. The molecule has 0 aliphatic heterocycles. The van der Waals surface area contributed by atoms with Crippen LogP contribution in [0.5, 0.6) is 0 Å². The fourth-order valence-electron chi connectivity index (χ4n) is 2.13. The van der Waals surface area contributed by atoms with Gasteiger partial charge in [-0.3, -0.25) is 4.79 Å². The molecule has 0 saturated carbocycles. The maximum Gasteiger partial charge on any atom is 0.350 e. The van der Waals surface area contributed by atoms with Gasteiger partial charge in [0.25, 0.3) is 0 Å². The van der Waals surface area contributed by atoms with Gasteiger partial charge in [-0.15, -0.1) is 11.3 Å². The quantitative estimate of drug-likeness (QED) is 0.488. The van der Waals surface area contributed by atoms with Crippen molar-refractivity contribution in [2.24, 2.45) is 0 Å². The first kappa shape index (κ1) is 16.5. The number of Topliss-reactive ketones (excluding diaryl/α,β-unsaturated/α-hetero) is 1. The fraction of sp³-hybridized carbons (Fsp3) is 0.0588. The van der Waals surface area contributed by atoms with Gasteiger partial charge in [-0.25, -0.2) is 13.6 Å². The summed E-state index contributed by atoms with van der Waals surface area (Å²) in [6.45, 7) is -0.612. The highest BCUT2D eigenvalue weighted by molar-refractivity contribution is 7.21. The van der Waals surface area contributed by atoms with E-state index >= 15 is 0 Å². The van der Waals surface area contributed by atoms with Gasteiger partial charge in [-0.2, -0.15) is 0 Å². The number of ketones is 1. The maximum absolute atomic E-state index is 13.5. The summed E-state index contributed by atoms with van der Waals surface area (Å²) in [6.07, 6.45) is 0. The molecule has 0 radical (unpaired) electrons. The third-order valence-corrected chi connectivity index (χ3v) is 4.92. The van der Waals surface area contributed by atoms with Crippen LogP contribution in [-0.2, 0) is 4.74 Å². The van der Waals surface area contributed by atoms with Crippen LogP contribution in [0.25, 0.3) is 10.1 Å². The van der Waals surface area contributed by atoms with Gasteiger partial charge in [0.15, 0.2) is 6.61 Å². The molecule has 0 fully saturated rings. The maximum atomic E-state index is 13.5. The fourth-order valence-corrected chi connectivity index (χ4v) is 3.56. The van der Waals surface area contributed by atoms with E-state index in [4.69, 9.17) is 16.3 Å². The van der Waals surface area contributed by atoms with Crippen LogP contribution < -0.4 is 0 Å². The van der Waals surface area contributed by atoms with E-state index in [1.165, 1.54) is 36.4 Å². The molecule has 0 aliphatic rings. The van der Waals surface area contributed by atoms with Crippen molar-refractivity contribution in [1.29, 1.82) is 0 Å². The monoisotopic (exact) mass is 366 g/mol. The van der Waals surface area contributed by atoms with Gasteiger partial charge in [0.1, 0.15) is 16.5 Å². The predicted octanol–water partition coefficient (Wildman–Crippen LogP) is 4.87. The molecule has 0 atom stereocenters. The molecular weight excluding hydrogens is 358 g/mol. The zero-order chi connectivity index (χ0) is 17.3. The van der Waals surface area contributed by atoms with Crippen molar-refractivity contribution in [3.05, 3.63) is 69.6 Å². The number of esters is 1. The Hall–Kier alpha value is -2.31. The first-order valence-corrected chi connectivity index (χ1v) is 7.99. The number of halogens is 3. The number of benzene rings is 2. The molecule has 0 saturated heterocycles. The molecule has 0 amide bonds. The lowest BCUT2D eigenvalue weighted by molar-refractivity contribution is 0.0478. The minimum absolute atomic E-state index is 0.0681. The largest absolute Gasteiger partial charge is 0.453 e. The molecular formula is C17H9ClF2O3S. The third-order valence-electron chi connectivity index (χ3n) is 3.29. The van der Waals surface area contributed by atoms with E-state index < -0.39 is 30.0 Å². The third kappa shape index (κ3) is 3.16. The standard InChI is InChI=1S/C17H9ClF2O3S/c18-15-11-6-5-9(19)7-14(11)24-16(15)17(22)23-8-13(21)10-3-1-2-4-12(10)20/h1-7H,8H2. The number of fused-ring (bicyclic) bond motifs is 1. The van der Waals surface area contributed by atoms with E-state index in [-0.39, 0.29) is 15.5 Å². The van der Waals surface area contributed by atoms with Crippen molar-refractivity contribution >= 4 is 44.8 Å². The summed E-state index contributed by atoms with van der Waals surface area (Å²) in [5.41, 5.74) is -0.158. The molecule has 7 heteroatoms. The number of thiophene rings is 1.